The molecule has 7 heteroatoms. The second-order valence-electron chi connectivity index (χ2n) is 4.22. The first kappa shape index (κ1) is 14.0. The van der Waals surface area contributed by atoms with E-state index in [1.807, 2.05) is 0 Å². The first-order valence-corrected chi connectivity index (χ1v) is 5.86. The van der Waals surface area contributed by atoms with Crippen molar-refractivity contribution in [2.24, 2.45) is 4.99 Å². The van der Waals surface area contributed by atoms with Gasteiger partial charge in [-0.1, -0.05) is 12.1 Å². The molecule has 0 spiro atoms. The first-order valence-electron chi connectivity index (χ1n) is 5.86. The molecule has 0 radical (unpaired) electrons. The topological polar surface area (TPSA) is 66.8 Å². The molecule has 2 amide bonds. The number of fused-ring (bicyclic) bond motifs is 1. The minimum Gasteiger partial charge on any atom is -0.274 e. The Labute approximate surface area is 112 Å². The fourth-order valence-electron chi connectivity index (χ4n) is 2.02. The van der Waals surface area contributed by atoms with Crippen molar-refractivity contribution in [3.05, 3.63) is 35.4 Å². The summed E-state index contributed by atoms with van der Waals surface area (Å²) in [6.07, 6.45) is -2.05. The van der Waals surface area contributed by atoms with E-state index in [0.717, 1.165) is 11.0 Å². The Hall–Kier alpha value is -2.40. The van der Waals surface area contributed by atoms with Gasteiger partial charge >= 0.3 is 0 Å². The summed E-state index contributed by atoms with van der Waals surface area (Å²) in [5.74, 6) is -1.04. The van der Waals surface area contributed by atoms with Crippen molar-refractivity contribution in [2.75, 3.05) is 6.54 Å². The van der Waals surface area contributed by atoms with Gasteiger partial charge in [0.2, 0.25) is 6.08 Å². The number of isocyanates is 1. The largest absolute Gasteiger partial charge is 0.274 e. The Morgan fingerprint density at radius 1 is 1.15 bits per heavy atom. The number of hydrogen-bond acceptors (Lipinski definition) is 4. The summed E-state index contributed by atoms with van der Waals surface area (Å²) >= 11 is 0. The predicted octanol–water partition coefficient (Wildman–Crippen LogP) is 1.64. The lowest BCUT2D eigenvalue weighted by molar-refractivity contribution is 0.0619. The highest BCUT2D eigenvalue weighted by Gasteiger charge is 2.35. The first-order chi connectivity index (χ1) is 9.56. The van der Waals surface area contributed by atoms with Gasteiger partial charge in [-0.05, 0) is 18.6 Å². The molecule has 0 aliphatic carbocycles. The third kappa shape index (κ3) is 2.48. The summed E-state index contributed by atoms with van der Waals surface area (Å²) in [6, 6.07) is 4.68. The normalized spacial score (nSPS) is 15.2. The molecule has 0 saturated heterocycles. The van der Waals surface area contributed by atoms with Crippen LogP contribution in [0.15, 0.2) is 29.3 Å². The smallest absolute Gasteiger partial charge is 0.261 e. The van der Waals surface area contributed by atoms with E-state index >= 15 is 0 Å². The van der Waals surface area contributed by atoms with Crippen LogP contribution in [0.5, 0.6) is 0 Å². The van der Waals surface area contributed by atoms with Gasteiger partial charge in [0.1, 0.15) is 6.04 Å². The van der Waals surface area contributed by atoms with Crippen LogP contribution in [0.2, 0.25) is 0 Å². The summed E-state index contributed by atoms with van der Waals surface area (Å²) in [7, 11) is 0. The van der Waals surface area contributed by atoms with Crippen LogP contribution >= 0.6 is 0 Å². The third-order valence-corrected chi connectivity index (χ3v) is 3.04. The molecule has 1 unspecified atom stereocenters. The van der Waals surface area contributed by atoms with E-state index in [-0.39, 0.29) is 24.1 Å². The van der Waals surface area contributed by atoms with Gasteiger partial charge in [-0.25, -0.2) is 13.6 Å². The number of hydrogen-bond donors (Lipinski definition) is 0. The number of rotatable bonds is 5. The molecule has 0 fully saturated rings. The van der Waals surface area contributed by atoms with Crippen molar-refractivity contribution < 1.29 is 23.2 Å². The van der Waals surface area contributed by atoms with E-state index in [9.17, 15) is 23.2 Å². The van der Waals surface area contributed by atoms with Crippen molar-refractivity contribution >= 4 is 17.9 Å². The average Bonchev–Trinajstić information content (AvgIpc) is 2.68. The standard InChI is InChI=1S/C13H10F2N2O3/c14-11(15)10(16-7-18)5-6-17-12(19)8-3-1-2-4-9(8)13(17)20/h1-4,10-11H,5-6H2. The van der Waals surface area contributed by atoms with Gasteiger partial charge in [-0.3, -0.25) is 14.5 Å². The number of imide groups is 1. The highest BCUT2D eigenvalue weighted by Crippen LogP contribution is 2.23. The van der Waals surface area contributed by atoms with E-state index in [1.54, 1.807) is 12.1 Å². The van der Waals surface area contributed by atoms with Gasteiger partial charge in [0.25, 0.3) is 18.2 Å². The number of nitrogens with zero attached hydrogens (tertiary/aromatic N) is 2. The zero-order chi connectivity index (χ0) is 14.7. The Morgan fingerprint density at radius 2 is 1.70 bits per heavy atom. The second-order valence-corrected chi connectivity index (χ2v) is 4.22. The summed E-state index contributed by atoms with van der Waals surface area (Å²) in [4.78, 5) is 37.8. The van der Waals surface area contributed by atoms with Crippen LogP contribution in [0, 0.1) is 0 Å². The van der Waals surface area contributed by atoms with E-state index in [2.05, 4.69) is 4.99 Å². The zero-order valence-corrected chi connectivity index (χ0v) is 10.3. The van der Waals surface area contributed by atoms with Crippen molar-refractivity contribution in [2.45, 2.75) is 18.9 Å². The van der Waals surface area contributed by atoms with Crippen LogP contribution in [-0.4, -0.2) is 41.8 Å². The Bertz CT molecular complexity index is 562. The maximum Gasteiger partial charge on any atom is 0.261 e. The number of aliphatic imine (C=N–C) groups is 1. The predicted molar refractivity (Wildman–Crippen MR) is 64.3 cm³/mol. The zero-order valence-electron chi connectivity index (χ0n) is 10.3. The summed E-state index contributed by atoms with van der Waals surface area (Å²) < 4.78 is 25.1. The van der Waals surface area contributed by atoms with E-state index < -0.39 is 24.3 Å². The van der Waals surface area contributed by atoms with Crippen LogP contribution in [0.25, 0.3) is 0 Å². The maximum absolute atomic E-state index is 12.6. The van der Waals surface area contributed by atoms with Crippen LogP contribution in [-0.2, 0) is 4.79 Å². The fraction of sp³-hybridized carbons (Fsp3) is 0.308. The number of halogens is 2. The molecule has 0 aromatic heterocycles. The number of benzene rings is 1. The van der Waals surface area contributed by atoms with Gasteiger partial charge in [-0.2, -0.15) is 4.99 Å². The minimum absolute atomic E-state index is 0.216. The van der Waals surface area contributed by atoms with E-state index in [1.165, 1.54) is 12.1 Å². The number of alkyl halides is 2. The molecular weight excluding hydrogens is 270 g/mol. The maximum atomic E-state index is 12.6. The molecule has 0 N–H and O–H groups in total. The molecule has 1 aromatic carbocycles. The molecular formula is C13H10F2N2O3. The molecule has 5 nitrogen and oxygen atoms in total. The fourth-order valence-corrected chi connectivity index (χ4v) is 2.02. The van der Waals surface area contributed by atoms with Gasteiger partial charge in [0, 0.05) is 6.54 Å². The van der Waals surface area contributed by atoms with Crippen LogP contribution in [0.4, 0.5) is 8.78 Å². The minimum atomic E-state index is -2.84. The summed E-state index contributed by atoms with van der Waals surface area (Å²) in [5.41, 5.74) is 0.509. The third-order valence-electron chi connectivity index (χ3n) is 3.04. The Kier molecular flexibility index (Phi) is 4.00. The molecule has 1 aliphatic heterocycles. The number of carbonyl (C=O) groups excluding carboxylic acids is 3. The number of amides is 2. The molecule has 1 aromatic rings. The number of carbonyl (C=O) groups is 2. The molecule has 104 valence electrons. The van der Waals surface area contributed by atoms with Gasteiger partial charge in [-0.15, -0.1) is 0 Å². The Balaban J connectivity index is 2.11. The summed E-state index contributed by atoms with van der Waals surface area (Å²) in [6.45, 7) is -0.216. The average molecular weight is 280 g/mol. The highest BCUT2D eigenvalue weighted by atomic mass is 19.3. The monoisotopic (exact) mass is 280 g/mol. The SMILES string of the molecule is O=C=NC(CCN1C(=O)c2ccccc2C1=O)C(F)F. The van der Waals surface area contributed by atoms with Crippen molar-refractivity contribution in [1.82, 2.24) is 4.90 Å². The van der Waals surface area contributed by atoms with Crippen LogP contribution in [0.3, 0.4) is 0 Å². The van der Waals surface area contributed by atoms with Gasteiger partial charge in [0.05, 0.1) is 11.1 Å². The molecule has 0 bridgehead atoms. The van der Waals surface area contributed by atoms with Crippen molar-refractivity contribution in [1.29, 1.82) is 0 Å². The van der Waals surface area contributed by atoms with Gasteiger partial charge in [0.15, 0.2) is 0 Å². The molecule has 20 heavy (non-hydrogen) atoms. The van der Waals surface area contributed by atoms with Crippen molar-refractivity contribution in [3.8, 4) is 0 Å². The lowest BCUT2D eigenvalue weighted by Gasteiger charge is -2.16. The molecule has 2 rings (SSSR count). The molecule has 1 aliphatic rings. The lowest BCUT2D eigenvalue weighted by atomic mass is 10.1. The second kappa shape index (κ2) is 5.71. The van der Waals surface area contributed by atoms with Crippen molar-refractivity contribution in [3.63, 3.8) is 0 Å². The lowest BCUT2D eigenvalue weighted by Crippen LogP contribution is -2.33. The summed E-state index contributed by atoms with van der Waals surface area (Å²) in [5, 5.41) is 0. The van der Waals surface area contributed by atoms with Crippen LogP contribution in [0.1, 0.15) is 27.1 Å². The van der Waals surface area contributed by atoms with Crippen LogP contribution < -0.4 is 0 Å². The Morgan fingerprint density at radius 3 is 2.15 bits per heavy atom. The van der Waals surface area contributed by atoms with Gasteiger partial charge < -0.3 is 0 Å². The molecule has 1 atom stereocenters. The molecule has 1 heterocycles. The van der Waals surface area contributed by atoms with E-state index in [0.29, 0.717) is 0 Å². The molecule has 0 saturated carbocycles. The highest BCUT2D eigenvalue weighted by molar-refractivity contribution is 6.21. The quantitative estimate of drug-likeness (QED) is 0.468. The van der Waals surface area contributed by atoms with E-state index in [4.69, 9.17) is 0 Å².